The molecule has 1 fully saturated rings. The van der Waals surface area contributed by atoms with Crippen molar-refractivity contribution in [2.45, 2.75) is 45.4 Å². The Kier molecular flexibility index (Phi) is 9.44. The number of hydrogen-bond donors (Lipinski definition) is 1. The number of nitrogens with zero attached hydrogens (tertiary/aromatic N) is 2. The standard InChI is InChI=1S/C32H36ClN3O5/c1-20-26-15-21(27-18-28(33)22(16-30(27)39-4)12-14-41-31-7-5-6-13-40-31)9-11-25(26)32(36-35-20)34-19-23-8-10-24(37-2)17-29(23)38-3/h8-11,15-18,31H,5-7,12-14,19H2,1-4H3,(H,34,36). The first kappa shape index (κ1) is 28.9. The predicted molar refractivity (Wildman–Crippen MR) is 161 cm³/mol. The van der Waals surface area contributed by atoms with Gasteiger partial charge in [-0.3, -0.25) is 0 Å². The van der Waals surface area contributed by atoms with Gasteiger partial charge in [0.2, 0.25) is 0 Å². The van der Waals surface area contributed by atoms with E-state index in [0.717, 1.165) is 81.8 Å². The summed E-state index contributed by atoms with van der Waals surface area (Å²) >= 11 is 6.75. The topological polar surface area (TPSA) is 84.0 Å². The van der Waals surface area contributed by atoms with E-state index in [1.54, 1.807) is 21.3 Å². The molecule has 0 amide bonds. The van der Waals surface area contributed by atoms with Crippen LogP contribution >= 0.6 is 11.6 Å². The Morgan fingerprint density at radius 2 is 1.76 bits per heavy atom. The highest BCUT2D eigenvalue weighted by Crippen LogP contribution is 2.38. The second-order valence-corrected chi connectivity index (χ2v) is 10.4. The summed E-state index contributed by atoms with van der Waals surface area (Å²) in [4.78, 5) is 0. The molecule has 1 atom stereocenters. The van der Waals surface area contributed by atoms with Crippen molar-refractivity contribution in [3.63, 3.8) is 0 Å². The number of fused-ring (bicyclic) bond motifs is 1. The Hall–Kier alpha value is -3.59. The lowest BCUT2D eigenvalue weighted by Crippen LogP contribution is -2.23. The Bertz CT molecular complexity index is 1510. The third kappa shape index (κ3) is 6.67. The van der Waals surface area contributed by atoms with Crippen LogP contribution < -0.4 is 19.5 Å². The first-order valence-corrected chi connectivity index (χ1v) is 14.2. The van der Waals surface area contributed by atoms with Crippen LogP contribution in [0.4, 0.5) is 5.82 Å². The molecular weight excluding hydrogens is 542 g/mol. The minimum atomic E-state index is -0.120. The van der Waals surface area contributed by atoms with Gasteiger partial charge in [0.15, 0.2) is 12.1 Å². The van der Waals surface area contributed by atoms with Gasteiger partial charge in [-0.25, -0.2) is 0 Å². The van der Waals surface area contributed by atoms with Crippen LogP contribution in [0.1, 0.15) is 36.1 Å². The summed E-state index contributed by atoms with van der Waals surface area (Å²) in [6, 6.07) is 15.9. The highest BCUT2D eigenvalue weighted by molar-refractivity contribution is 6.31. The van der Waals surface area contributed by atoms with Crippen LogP contribution in [0.25, 0.3) is 21.9 Å². The van der Waals surface area contributed by atoms with Gasteiger partial charge in [0.1, 0.15) is 17.2 Å². The summed E-state index contributed by atoms with van der Waals surface area (Å²) in [6.45, 7) is 3.78. The molecule has 5 rings (SSSR count). The van der Waals surface area contributed by atoms with Gasteiger partial charge in [0, 0.05) is 46.1 Å². The van der Waals surface area contributed by atoms with Gasteiger partial charge in [-0.15, -0.1) is 5.10 Å². The van der Waals surface area contributed by atoms with E-state index >= 15 is 0 Å². The first-order valence-electron chi connectivity index (χ1n) is 13.8. The van der Waals surface area contributed by atoms with E-state index in [1.807, 2.05) is 37.3 Å². The molecule has 1 aliphatic heterocycles. The van der Waals surface area contributed by atoms with E-state index in [4.69, 9.17) is 35.3 Å². The van der Waals surface area contributed by atoms with Gasteiger partial charge in [0.05, 0.1) is 33.6 Å². The van der Waals surface area contributed by atoms with E-state index in [2.05, 4.69) is 33.7 Å². The zero-order valence-electron chi connectivity index (χ0n) is 24.0. The van der Waals surface area contributed by atoms with Crippen molar-refractivity contribution in [3.8, 4) is 28.4 Å². The van der Waals surface area contributed by atoms with Crippen LogP contribution in [0.15, 0.2) is 48.5 Å². The zero-order chi connectivity index (χ0) is 28.8. The molecule has 0 radical (unpaired) electrons. The number of nitrogens with one attached hydrogen (secondary N) is 1. The lowest BCUT2D eigenvalue weighted by molar-refractivity contribution is -0.161. The molecule has 4 aromatic rings. The second-order valence-electron chi connectivity index (χ2n) is 9.99. The Balaban J connectivity index is 1.37. The first-order chi connectivity index (χ1) is 20.0. The molecule has 0 saturated carbocycles. The average molecular weight is 578 g/mol. The molecule has 0 bridgehead atoms. The molecular formula is C32H36ClN3O5. The SMILES string of the molecule is COc1ccc(CNc2nnc(C)c3cc(-c4cc(Cl)c(CCOC5CCCCO5)cc4OC)ccc23)c(OC)c1. The van der Waals surface area contributed by atoms with Gasteiger partial charge in [-0.05, 0) is 80.1 Å². The van der Waals surface area contributed by atoms with Crippen molar-refractivity contribution in [1.29, 1.82) is 0 Å². The molecule has 2 heterocycles. The third-order valence-electron chi connectivity index (χ3n) is 7.40. The molecule has 1 aliphatic rings. The maximum Gasteiger partial charge on any atom is 0.157 e. The summed E-state index contributed by atoms with van der Waals surface area (Å²) in [5.74, 6) is 2.93. The van der Waals surface area contributed by atoms with Gasteiger partial charge in [-0.1, -0.05) is 17.7 Å². The molecule has 3 aromatic carbocycles. The lowest BCUT2D eigenvalue weighted by atomic mass is 9.98. The molecule has 1 N–H and O–H groups in total. The lowest BCUT2D eigenvalue weighted by Gasteiger charge is -2.22. The van der Waals surface area contributed by atoms with Crippen molar-refractivity contribution >= 4 is 28.2 Å². The number of halogens is 1. The summed E-state index contributed by atoms with van der Waals surface area (Å²) < 4.78 is 28.3. The maximum atomic E-state index is 6.75. The van der Waals surface area contributed by atoms with Crippen LogP contribution in [0.3, 0.4) is 0 Å². The van der Waals surface area contributed by atoms with Gasteiger partial charge in [-0.2, -0.15) is 5.10 Å². The van der Waals surface area contributed by atoms with Crippen molar-refractivity contribution in [2.75, 3.05) is 39.9 Å². The molecule has 0 spiro atoms. The van der Waals surface area contributed by atoms with E-state index in [9.17, 15) is 0 Å². The minimum Gasteiger partial charge on any atom is -0.497 e. The quantitative estimate of drug-likeness (QED) is 0.204. The predicted octanol–water partition coefficient (Wildman–Crippen LogP) is 6.98. The van der Waals surface area contributed by atoms with Gasteiger partial charge >= 0.3 is 0 Å². The monoisotopic (exact) mass is 577 g/mol. The molecule has 1 aromatic heterocycles. The molecule has 1 saturated heterocycles. The van der Waals surface area contributed by atoms with Crippen LogP contribution in [-0.4, -0.2) is 51.0 Å². The van der Waals surface area contributed by atoms with Crippen LogP contribution in [0.2, 0.25) is 5.02 Å². The van der Waals surface area contributed by atoms with Crippen molar-refractivity contribution < 1.29 is 23.7 Å². The van der Waals surface area contributed by atoms with Crippen LogP contribution in [0.5, 0.6) is 17.2 Å². The van der Waals surface area contributed by atoms with Gasteiger partial charge in [0.25, 0.3) is 0 Å². The van der Waals surface area contributed by atoms with Crippen LogP contribution in [0, 0.1) is 6.92 Å². The number of aromatic nitrogens is 2. The smallest absolute Gasteiger partial charge is 0.157 e. The normalized spacial score (nSPS) is 15.1. The van der Waals surface area contributed by atoms with E-state index in [-0.39, 0.29) is 6.29 Å². The summed E-state index contributed by atoms with van der Waals surface area (Å²) in [5.41, 5.74) is 4.68. The highest BCUT2D eigenvalue weighted by Gasteiger charge is 2.17. The fraction of sp³-hybridized carbons (Fsp3) is 0.375. The minimum absolute atomic E-state index is 0.120. The molecule has 1 unspecified atom stereocenters. The van der Waals surface area contributed by atoms with Crippen molar-refractivity contribution in [3.05, 3.63) is 70.4 Å². The number of methoxy groups -OCH3 is 3. The molecule has 8 nitrogen and oxygen atoms in total. The third-order valence-corrected chi connectivity index (χ3v) is 7.75. The van der Waals surface area contributed by atoms with Crippen LogP contribution in [-0.2, 0) is 22.4 Å². The van der Waals surface area contributed by atoms with E-state index in [1.165, 1.54) is 0 Å². The number of aryl methyl sites for hydroxylation is 1. The molecule has 41 heavy (non-hydrogen) atoms. The molecule has 9 heteroatoms. The Morgan fingerprint density at radius 1 is 0.902 bits per heavy atom. The Labute approximate surface area is 245 Å². The maximum absolute atomic E-state index is 6.75. The number of anilines is 1. The fourth-order valence-electron chi connectivity index (χ4n) is 5.08. The number of ether oxygens (including phenoxy) is 5. The summed E-state index contributed by atoms with van der Waals surface area (Å²) in [5, 5.41) is 14.9. The van der Waals surface area contributed by atoms with E-state index in [0.29, 0.717) is 30.4 Å². The number of rotatable bonds is 11. The number of hydrogen-bond acceptors (Lipinski definition) is 8. The fourth-order valence-corrected chi connectivity index (χ4v) is 5.34. The summed E-state index contributed by atoms with van der Waals surface area (Å²) in [6.07, 6.45) is 3.73. The highest BCUT2D eigenvalue weighted by atomic mass is 35.5. The molecule has 0 aliphatic carbocycles. The van der Waals surface area contributed by atoms with Crippen molar-refractivity contribution in [2.24, 2.45) is 0 Å². The summed E-state index contributed by atoms with van der Waals surface area (Å²) in [7, 11) is 4.96. The largest absolute Gasteiger partial charge is 0.497 e. The van der Waals surface area contributed by atoms with Crippen molar-refractivity contribution in [1.82, 2.24) is 10.2 Å². The van der Waals surface area contributed by atoms with Gasteiger partial charge < -0.3 is 29.0 Å². The molecule has 216 valence electrons. The van der Waals surface area contributed by atoms with E-state index < -0.39 is 0 Å². The second kappa shape index (κ2) is 13.4. The Morgan fingerprint density at radius 3 is 2.51 bits per heavy atom. The number of benzene rings is 3. The average Bonchev–Trinajstić information content (AvgIpc) is 3.01. The zero-order valence-corrected chi connectivity index (χ0v) is 24.7.